The second-order valence-electron chi connectivity index (χ2n) is 11.3. The van der Waals surface area contributed by atoms with Gasteiger partial charge in [-0.15, -0.1) is 0 Å². The van der Waals surface area contributed by atoms with Gasteiger partial charge in [0.1, 0.15) is 22.8 Å². The van der Waals surface area contributed by atoms with Gasteiger partial charge in [0.15, 0.2) is 11.4 Å². The maximum atomic E-state index is 14.0. The van der Waals surface area contributed by atoms with Crippen molar-refractivity contribution in [2.45, 2.75) is 62.8 Å². The summed E-state index contributed by atoms with van der Waals surface area (Å²) in [6.45, 7) is 5.84. The third-order valence-electron chi connectivity index (χ3n) is 8.45. The van der Waals surface area contributed by atoms with Crippen molar-refractivity contribution >= 4 is 23.2 Å². The molecule has 0 heterocycles. The molecule has 0 unspecified atom stereocenters. The minimum Gasteiger partial charge on any atom is -0.508 e. The Morgan fingerprint density at radius 1 is 1.16 bits per heavy atom. The van der Waals surface area contributed by atoms with Crippen LogP contribution in [0.3, 0.4) is 0 Å². The number of Topliss-reactive ketones (excluding diaryl/α,β-unsaturated/α-hetero) is 2. The van der Waals surface area contributed by atoms with E-state index in [1.807, 2.05) is 20.8 Å². The first-order valence-electron chi connectivity index (χ1n) is 12.5. The van der Waals surface area contributed by atoms with Crippen molar-refractivity contribution in [3.05, 3.63) is 45.7 Å². The maximum absolute atomic E-state index is 14.0. The fraction of sp³-hybridized carbons (Fsp3) is 0.519. The molecule has 1 fully saturated rings. The number of carbonyl (C=O) groups is 3. The number of rotatable bonds is 5. The van der Waals surface area contributed by atoms with E-state index in [0.717, 1.165) is 6.42 Å². The van der Waals surface area contributed by atoms with Gasteiger partial charge in [0.05, 0.1) is 23.6 Å². The number of phenols is 1. The number of fused-ring (bicyclic) bond motifs is 3. The summed E-state index contributed by atoms with van der Waals surface area (Å²) in [7, 11) is 2.88. The second-order valence-corrected chi connectivity index (χ2v) is 11.3. The molecule has 0 aromatic heterocycles. The minimum absolute atomic E-state index is 0.109. The summed E-state index contributed by atoms with van der Waals surface area (Å²) in [6, 6.07) is 0.751. The Kier molecular flexibility index (Phi) is 6.51. The number of aliphatic hydroxyl groups is 4. The lowest BCUT2D eigenvalue weighted by Gasteiger charge is -2.53. The normalized spacial score (nSPS) is 31.3. The van der Waals surface area contributed by atoms with E-state index in [2.05, 4.69) is 0 Å². The van der Waals surface area contributed by atoms with Crippen LogP contribution in [0.1, 0.15) is 56.3 Å². The van der Waals surface area contributed by atoms with E-state index in [0.29, 0.717) is 12.0 Å². The first-order chi connectivity index (χ1) is 17.5. The highest BCUT2D eigenvalue weighted by Gasteiger charge is 2.68. The number of phenolic OH excluding ortho intramolecular Hbond substituents is 1. The summed E-state index contributed by atoms with van der Waals surface area (Å²) in [4.78, 5) is 40.6. The number of hydrogen-bond donors (Lipinski definition) is 7. The fourth-order valence-corrected chi connectivity index (χ4v) is 6.67. The van der Waals surface area contributed by atoms with Crippen molar-refractivity contribution in [1.82, 2.24) is 4.90 Å². The molecule has 206 valence electrons. The molecule has 4 rings (SSSR count). The van der Waals surface area contributed by atoms with Crippen LogP contribution in [-0.2, 0) is 19.8 Å². The van der Waals surface area contributed by atoms with Crippen LogP contribution >= 0.6 is 0 Å². The SMILES string of the molecule is CCCC(C)(C)c1ccc2c(c1O)C(O)=C1C(=O)[C@]3(O)C(O)=C(C(N)=O)C(=O)[C@@H](N(C)C)[C@@H]3[C@@H](O)[C@@H]1[C@H]2N. The molecular weight excluding hydrogens is 494 g/mol. The molecule has 6 atom stereocenters. The Bertz CT molecular complexity index is 1310. The quantitative estimate of drug-likeness (QED) is 0.262. The number of primary amides is 1. The van der Waals surface area contributed by atoms with Crippen LogP contribution in [0.25, 0.3) is 5.76 Å². The molecule has 38 heavy (non-hydrogen) atoms. The Morgan fingerprint density at radius 2 is 1.76 bits per heavy atom. The Balaban J connectivity index is 2.03. The number of carbonyl (C=O) groups excluding carboxylic acids is 3. The molecule has 0 saturated heterocycles. The van der Waals surface area contributed by atoms with Crippen molar-refractivity contribution in [1.29, 1.82) is 0 Å². The van der Waals surface area contributed by atoms with E-state index in [1.165, 1.54) is 19.0 Å². The van der Waals surface area contributed by atoms with Crippen molar-refractivity contribution in [3.8, 4) is 5.75 Å². The zero-order valence-corrected chi connectivity index (χ0v) is 22.0. The number of likely N-dealkylation sites (N-methyl/N-ethyl adjacent to an activating group) is 1. The van der Waals surface area contributed by atoms with Crippen LogP contribution < -0.4 is 11.5 Å². The lowest BCUT2D eigenvalue weighted by Crippen LogP contribution is -2.70. The van der Waals surface area contributed by atoms with Gasteiger partial charge >= 0.3 is 0 Å². The Morgan fingerprint density at radius 3 is 2.29 bits per heavy atom. The largest absolute Gasteiger partial charge is 0.508 e. The van der Waals surface area contributed by atoms with Gasteiger partial charge in [-0.25, -0.2) is 0 Å². The number of benzene rings is 1. The van der Waals surface area contributed by atoms with Crippen molar-refractivity contribution in [2.75, 3.05) is 14.1 Å². The highest BCUT2D eigenvalue weighted by molar-refractivity contribution is 6.24. The van der Waals surface area contributed by atoms with Gasteiger partial charge in [-0.3, -0.25) is 19.3 Å². The van der Waals surface area contributed by atoms with Crippen LogP contribution in [0.4, 0.5) is 0 Å². The number of nitrogens with two attached hydrogens (primary N) is 2. The van der Waals surface area contributed by atoms with Gasteiger partial charge in [0.2, 0.25) is 5.78 Å². The van der Waals surface area contributed by atoms with Crippen molar-refractivity contribution in [3.63, 3.8) is 0 Å². The minimum atomic E-state index is -2.97. The second kappa shape index (κ2) is 8.91. The molecule has 0 spiro atoms. The molecular formula is C27H35N3O8. The molecule has 11 nitrogen and oxygen atoms in total. The highest BCUT2D eigenvalue weighted by Crippen LogP contribution is 2.55. The summed E-state index contributed by atoms with van der Waals surface area (Å²) in [6.07, 6.45) is -0.209. The van der Waals surface area contributed by atoms with Gasteiger partial charge in [0.25, 0.3) is 5.91 Å². The smallest absolute Gasteiger partial charge is 0.255 e. The van der Waals surface area contributed by atoms with E-state index < -0.39 is 81.2 Å². The van der Waals surface area contributed by atoms with E-state index in [9.17, 15) is 39.9 Å². The van der Waals surface area contributed by atoms with Gasteiger partial charge in [0, 0.05) is 23.1 Å². The zero-order valence-electron chi connectivity index (χ0n) is 22.0. The number of hydrogen-bond acceptors (Lipinski definition) is 10. The fourth-order valence-electron chi connectivity index (χ4n) is 6.67. The molecule has 0 bridgehead atoms. The molecule has 0 radical (unpaired) electrons. The third-order valence-corrected chi connectivity index (χ3v) is 8.45. The van der Waals surface area contributed by atoms with E-state index in [1.54, 1.807) is 12.1 Å². The van der Waals surface area contributed by atoms with E-state index >= 15 is 0 Å². The van der Waals surface area contributed by atoms with Crippen molar-refractivity contribution in [2.24, 2.45) is 23.3 Å². The zero-order chi connectivity index (χ0) is 28.6. The molecule has 1 aromatic rings. The van der Waals surface area contributed by atoms with Gasteiger partial charge in [-0.1, -0.05) is 39.3 Å². The average Bonchev–Trinajstić information content (AvgIpc) is 2.80. The maximum Gasteiger partial charge on any atom is 0.255 e. The first-order valence-corrected chi connectivity index (χ1v) is 12.5. The molecule has 3 aliphatic rings. The molecule has 11 heteroatoms. The predicted octanol–water partition coefficient (Wildman–Crippen LogP) is 0.470. The van der Waals surface area contributed by atoms with Crippen LogP contribution in [-0.4, -0.2) is 79.7 Å². The summed E-state index contributed by atoms with van der Waals surface area (Å²) >= 11 is 0. The average molecular weight is 530 g/mol. The molecule has 0 aliphatic heterocycles. The number of aliphatic hydroxyl groups excluding tert-OH is 3. The topological polar surface area (TPSA) is 208 Å². The molecule has 1 saturated carbocycles. The molecule has 9 N–H and O–H groups in total. The number of aromatic hydroxyl groups is 1. The van der Waals surface area contributed by atoms with Gasteiger partial charge < -0.3 is 37.0 Å². The predicted molar refractivity (Wildman–Crippen MR) is 137 cm³/mol. The molecule has 1 aromatic carbocycles. The van der Waals surface area contributed by atoms with Crippen LogP contribution in [0.2, 0.25) is 0 Å². The summed E-state index contributed by atoms with van der Waals surface area (Å²) < 4.78 is 0. The number of amides is 1. The summed E-state index contributed by atoms with van der Waals surface area (Å²) in [5.41, 5.74) is 7.57. The summed E-state index contributed by atoms with van der Waals surface area (Å²) in [5.74, 6) is -8.81. The third kappa shape index (κ3) is 3.46. The van der Waals surface area contributed by atoms with Crippen LogP contribution in [0.5, 0.6) is 5.75 Å². The lowest BCUT2D eigenvalue weighted by molar-refractivity contribution is -0.169. The lowest BCUT2D eigenvalue weighted by atomic mass is 9.55. The van der Waals surface area contributed by atoms with E-state index in [4.69, 9.17) is 11.5 Å². The van der Waals surface area contributed by atoms with E-state index in [-0.39, 0.29) is 16.9 Å². The summed E-state index contributed by atoms with van der Waals surface area (Å²) in [5, 5.41) is 56.9. The Hall–Kier alpha value is -3.25. The van der Waals surface area contributed by atoms with Crippen LogP contribution in [0.15, 0.2) is 29.0 Å². The standard InChI is InChI=1S/C27H35N3O8/c1-6-9-26(2,3)11-8-7-10-12(19(11)31)20(32)14-13(17(10)28)21(33)16-18(30(4)5)22(34)15(25(29)37)24(36)27(16,38)23(14)35/h7-8,13,16-18,21,31-33,36,38H,6,9,28H2,1-5H3,(H2,29,37)/t13-,16+,17-,18-,21-,27-/m0/s1. The molecule has 3 aliphatic carbocycles. The number of ketones is 2. The first kappa shape index (κ1) is 27.8. The monoisotopic (exact) mass is 529 g/mol. The van der Waals surface area contributed by atoms with Crippen LogP contribution in [0, 0.1) is 11.8 Å². The number of nitrogens with zero attached hydrogens (tertiary/aromatic N) is 1. The highest BCUT2D eigenvalue weighted by atomic mass is 16.4. The van der Waals surface area contributed by atoms with Gasteiger partial charge in [-0.2, -0.15) is 0 Å². The van der Waals surface area contributed by atoms with Crippen molar-refractivity contribution < 1.29 is 39.9 Å². The van der Waals surface area contributed by atoms with Gasteiger partial charge in [-0.05, 0) is 31.5 Å². The molecule has 1 amide bonds. The Labute approximate surface area is 220 Å².